The van der Waals surface area contributed by atoms with Gasteiger partial charge in [0.1, 0.15) is 0 Å². The third-order valence-electron chi connectivity index (χ3n) is 4.77. The summed E-state index contributed by atoms with van der Waals surface area (Å²) in [6.45, 7) is 2.23. The van der Waals surface area contributed by atoms with Crippen LogP contribution in [0.1, 0.15) is 44.2 Å². The minimum absolute atomic E-state index is 0.0455. The maximum absolute atomic E-state index is 12.4. The molecule has 5 nitrogen and oxygen atoms in total. The van der Waals surface area contributed by atoms with Crippen LogP contribution in [0, 0.1) is 11.8 Å². The van der Waals surface area contributed by atoms with Gasteiger partial charge in [-0.05, 0) is 31.4 Å². The number of carbonyl (C=O) groups is 2. The minimum atomic E-state index is -0.838. The number of carbonyl (C=O) groups excluding carboxylic acids is 1. The van der Waals surface area contributed by atoms with Gasteiger partial charge in [0.15, 0.2) is 0 Å². The Balaban J connectivity index is 1.96. The van der Waals surface area contributed by atoms with Crippen LogP contribution in [0.25, 0.3) is 0 Å². The van der Waals surface area contributed by atoms with Crippen LogP contribution in [0.3, 0.4) is 0 Å². The number of hydrogen-bond acceptors (Lipinski definition) is 3. The first-order valence-electron chi connectivity index (χ1n) is 8.73. The van der Waals surface area contributed by atoms with Crippen molar-refractivity contribution >= 4 is 11.9 Å². The number of nitrogens with zero attached hydrogens (tertiary/aromatic N) is 1. The predicted molar refractivity (Wildman–Crippen MR) is 93.6 cm³/mol. The predicted octanol–water partition coefficient (Wildman–Crippen LogP) is 2.69. The molecule has 2 rings (SSSR count). The zero-order valence-corrected chi connectivity index (χ0v) is 14.6. The standard InChI is InChI=1S/C19H28N2O3/c1-14(19(23)24)12-21(2)13-17(22)20-18(16-10-6-7-11-16)15-8-4-3-5-9-15/h3-5,8-9,14,16,18H,6-7,10-13H2,1-2H3,(H,20,22)(H,23,24). The number of carboxylic acids is 1. The molecule has 2 unspecified atom stereocenters. The number of rotatable bonds is 8. The average Bonchev–Trinajstić information content (AvgIpc) is 3.07. The molecule has 0 aromatic heterocycles. The lowest BCUT2D eigenvalue weighted by atomic mass is 9.91. The average molecular weight is 332 g/mol. The second kappa shape index (κ2) is 8.83. The molecule has 0 aliphatic heterocycles. The van der Waals surface area contributed by atoms with Crippen molar-refractivity contribution in [2.75, 3.05) is 20.1 Å². The van der Waals surface area contributed by atoms with E-state index in [0.29, 0.717) is 12.5 Å². The van der Waals surface area contributed by atoms with E-state index in [9.17, 15) is 9.59 Å². The van der Waals surface area contributed by atoms with Crippen molar-refractivity contribution in [1.29, 1.82) is 0 Å². The van der Waals surface area contributed by atoms with E-state index in [-0.39, 0.29) is 18.5 Å². The van der Waals surface area contributed by atoms with Crippen molar-refractivity contribution in [2.45, 2.75) is 38.6 Å². The molecule has 5 heteroatoms. The SMILES string of the molecule is CC(CN(C)CC(=O)NC(c1ccccc1)C1CCCC1)C(=O)O. The molecule has 0 heterocycles. The summed E-state index contributed by atoms with van der Waals surface area (Å²) in [4.78, 5) is 25.1. The highest BCUT2D eigenvalue weighted by Gasteiger charge is 2.28. The highest BCUT2D eigenvalue weighted by atomic mass is 16.4. The maximum Gasteiger partial charge on any atom is 0.307 e. The molecule has 1 aliphatic rings. The summed E-state index contributed by atoms with van der Waals surface area (Å²) in [6.07, 6.45) is 4.73. The van der Waals surface area contributed by atoms with Crippen molar-refractivity contribution in [3.05, 3.63) is 35.9 Å². The van der Waals surface area contributed by atoms with Gasteiger partial charge in [0.25, 0.3) is 0 Å². The van der Waals surface area contributed by atoms with Crippen molar-refractivity contribution in [2.24, 2.45) is 11.8 Å². The Morgan fingerprint density at radius 3 is 2.46 bits per heavy atom. The highest BCUT2D eigenvalue weighted by Crippen LogP contribution is 2.35. The minimum Gasteiger partial charge on any atom is -0.481 e. The molecular formula is C19H28N2O3. The number of hydrogen-bond donors (Lipinski definition) is 2. The van der Waals surface area contributed by atoms with Crippen LogP contribution >= 0.6 is 0 Å². The summed E-state index contributed by atoms with van der Waals surface area (Å²) in [5.74, 6) is -0.881. The van der Waals surface area contributed by atoms with Gasteiger partial charge in [0.2, 0.25) is 5.91 Å². The Morgan fingerprint density at radius 1 is 1.25 bits per heavy atom. The molecule has 1 fully saturated rings. The molecular weight excluding hydrogens is 304 g/mol. The van der Waals surface area contributed by atoms with Crippen molar-refractivity contribution in [1.82, 2.24) is 10.2 Å². The molecule has 0 radical (unpaired) electrons. The summed E-state index contributed by atoms with van der Waals surface area (Å²) in [5, 5.41) is 12.2. The lowest BCUT2D eigenvalue weighted by Crippen LogP contribution is -2.41. The summed E-state index contributed by atoms with van der Waals surface area (Å²) >= 11 is 0. The second-order valence-corrected chi connectivity index (χ2v) is 6.94. The molecule has 2 atom stereocenters. The molecule has 0 bridgehead atoms. The van der Waals surface area contributed by atoms with E-state index in [1.807, 2.05) is 18.2 Å². The number of nitrogens with one attached hydrogen (secondary N) is 1. The normalized spacial score (nSPS) is 17.6. The number of benzene rings is 1. The van der Waals surface area contributed by atoms with Crippen LogP contribution < -0.4 is 5.32 Å². The van der Waals surface area contributed by atoms with Gasteiger partial charge < -0.3 is 10.4 Å². The highest BCUT2D eigenvalue weighted by molar-refractivity contribution is 5.78. The van der Waals surface area contributed by atoms with Crippen LogP contribution in [0.5, 0.6) is 0 Å². The van der Waals surface area contributed by atoms with Gasteiger partial charge in [-0.15, -0.1) is 0 Å². The van der Waals surface area contributed by atoms with Gasteiger partial charge in [-0.3, -0.25) is 14.5 Å². The Morgan fingerprint density at radius 2 is 1.88 bits per heavy atom. The van der Waals surface area contributed by atoms with E-state index in [0.717, 1.165) is 18.4 Å². The van der Waals surface area contributed by atoms with Crippen molar-refractivity contribution in [3.8, 4) is 0 Å². The van der Waals surface area contributed by atoms with Gasteiger partial charge >= 0.3 is 5.97 Å². The topological polar surface area (TPSA) is 69.6 Å². The van der Waals surface area contributed by atoms with E-state index < -0.39 is 11.9 Å². The molecule has 24 heavy (non-hydrogen) atoms. The molecule has 0 saturated heterocycles. The van der Waals surface area contributed by atoms with Crippen molar-refractivity contribution in [3.63, 3.8) is 0 Å². The molecule has 1 aliphatic carbocycles. The number of carboxylic acid groups (broad SMARTS) is 1. The first-order valence-corrected chi connectivity index (χ1v) is 8.73. The zero-order valence-electron chi connectivity index (χ0n) is 14.6. The second-order valence-electron chi connectivity index (χ2n) is 6.94. The van der Waals surface area contributed by atoms with E-state index >= 15 is 0 Å². The van der Waals surface area contributed by atoms with Crippen LogP contribution in [0.4, 0.5) is 0 Å². The van der Waals surface area contributed by atoms with Crippen LogP contribution in [0.15, 0.2) is 30.3 Å². The lowest BCUT2D eigenvalue weighted by Gasteiger charge is -2.27. The van der Waals surface area contributed by atoms with E-state index in [1.54, 1.807) is 18.9 Å². The molecule has 2 N–H and O–H groups in total. The maximum atomic E-state index is 12.4. The van der Waals surface area contributed by atoms with Gasteiger partial charge in [-0.2, -0.15) is 0 Å². The lowest BCUT2D eigenvalue weighted by molar-refractivity contribution is -0.142. The summed E-state index contributed by atoms with van der Waals surface area (Å²) in [5.41, 5.74) is 1.15. The van der Waals surface area contributed by atoms with Gasteiger partial charge in [0.05, 0.1) is 18.5 Å². The van der Waals surface area contributed by atoms with Crippen LogP contribution in [0.2, 0.25) is 0 Å². The third kappa shape index (κ3) is 5.34. The molecule has 0 spiro atoms. The summed E-state index contributed by atoms with van der Waals surface area (Å²) < 4.78 is 0. The van der Waals surface area contributed by atoms with E-state index in [1.165, 1.54) is 12.8 Å². The fraction of sp³-hybridized carbons (Fsp3) is 0.579. The van der Waals surface area contributed by atoms with Crippen molar-refractivity contribution < 1.29 is 14.7 Å². The molecule has 1 aromatic rings. The molecule has 1 saturated carbocycles. The fourth-order valence-electron chi connectivity index (χ4n) is 3.50. The van der Waals surface area contributed by atoms with Gasteiger partial charge in [0, 0.05) is 6.54 Å². The zero-order chi connectivity index (χ0) is 17.5. The number of aliphatic carboxylic acids is 1. The van der Waals surface area contributed by atoms with E-state index in [2.05, 4.69) is 17.4 Å². The van der Waals surface area contributed by atoms with Gasteiger partial charge in [-0.25, -0.2) is 0 Å². The molecule has 1 aromatic carbocycles. The quantitative estimate of drug-likeness (QED) is 0.768. The largest absolute Gasteiger partial charge is 0.481 e. The summed E-state index contributed by atoms with van der Waals surface area (Å²) in [7, 11) is 1.78. The summed E-state index contributed by atoms with van der Waals surface area (Å²) in [6, 6.07) is 10.2. The smallest absolute Gasteiger partial charge is 0.307 e. The Bertz CT molecular complexity index is 541. The Kier molecular flexibility index (Phi) is 6.79. The van der Waals surface area contributed by atoms with Gasteiger partial charge in [-0.1, -0.05) is 50.1 Å². The molecule has 132 valence electrons. The fourth-order valence-corrected chi connectivity index (χ4v) is 3.50. The number of amides is 1. The monoisotopic (exact) mass is 332 g/mol. The number of likely N-dealkylation sites (N-methyl/N-ethyl adjacent to an activating group) is 1. The Hall–Kier alpha value is -1.88. The Labute approximate surface area is 144 Å². The first kappa shape index (κ1) is 18.5. The van der Waals surface area contributed by atoms with Crippen LogP contribution in [-0.4, -0.2) is 42.0 Å². The van der Waals surface area contributed by atoms with Crippen LogP contribution in [-0.2, 0) is 9.59 Å². The third-order valence-corrected chi connectivity index (χ3v) is 4.77. The first-order chi connectivity index (χ1) is 11.5. The van der Waals surface area contributed by atoms with E-state index in [4.69, 9.17) is 5.11 Å². The molecule has 1 amide bonds.